The summed E-state index contributed by atoms with van der Waals surface area (Å²) in [5.41, 5.74) is 2.07. The van der Waals surface area contributed by atoms with Gasteiger partial charge in [-0.2, -0.15) is 0 Å². The first-order valence-electron chi connectivity index (χ1n) is 5.36. The van der Waals surface area contributed by atoms with Crippen LogP contribution in [0.15, 0.2) is 12.3 Å². The number of carbonyl (C=O) groups is 1. The fourth-order valence-corrected chi connectivity index (χ4v) is 2.05. The number of carbonyl (C=O) groups excluding carboxylic acids is 1. The molecule has 0 aromatic carbocycles. The monoisotopic (exact) mass is 263 g/mol. The second-order valence-corrected chi connectivity index (χ2v) is 4.88. The van der Waals surface area contributed by atoms with Crippen molar-refractivity contribution in [1.29, 1.82) is 0 Å². The minimum absolute atomic E-state index is 0.247. The molecule has 0 unspecified atom stereocenters. The van der Waals surface area contributed by atoms with Gasteiger partial charge >= 0.3 is 0 Å². The average Bonchev–Trinajstić information content (AvgIpc) is 2.74. The van der Waals surface area contributed by atoms with Gasteiger partial charge in [-0.3, -0.25) is 15.1 Å². The fraction of sp³-hybridized carbons (Fsp3) is 0.273. The summed E-state index contributed by atoms with van der Waals surface area (Å²) >= 11 is 1.33. The summed E-state index contributed by atoms with van der Waals surface area (Å²) in [6, 6.07) is 1.82. The van der Waals surface area contributed by atoms with Crippen LogP contribution in [0.4, 0.5) is 10.8 Å². The summed E-state index contributed by atoms with van der Waals surface area (Å²) in [6.45, 7) is 3.70. The van der Waals surface area contributed by atoms with E-state index in [0.29, 0.717) is 10.7 Å². The summed E-state index contributed by atoms with van der Waals surface area (Å²) in [5, 5.41) is 14.7. The summed E-state index contributed by atoms with van der Waals surface area (Å²) in [5.74, 6) is -0.247. The van der Waals surface area contributed by atoms with Gasteiger partial charge in [0.05, 0.1) is 11.3 Å². The topological polar surface area (TPSA) is 79.8 Å². The van der Waals surface area contributed by atoms with Crippen molar-refractivity contribution in [3.05, 3.63) is 28.5 Å². The molecule has 0 saturated carbocycles. The number of rotatable bonds is 3. The third-order valence-electron chi connectivity index (χ3n) is 2.30. The largest absolute Gasteiger partial charge is 0.387 e. The Bertz CT molecular complexity index is 581. The quantitative estimate of drug-likeness (QED) is 0.883. The van der Waals surface area contributed by atoms with Gasteiger partial charge in [0.1, 0.15) is 5.01 Å². The van der Waals surface area contributed by atoms with E-state index in [1.807, 2.05) is 19.9 Å². The van der Waals surface area contributed by atoms with Gasteiger partial charge in [-0.15, -0.1) is 10.2 Å². The Labute approximate surface area is 108 Å². The molecule has 0 radical (unpaired) electrons. The molecular weight excluding hydrogens is 250 g/mol. The van der Waals surface area contributed by atoms with Gasteiger partial charge in [-0.1, -0.05) is 11.3 Å². The molecule has 2 rings (SSSR count). The lowest BCUT2D eigenvalue weighted by Crippen LogP contribution is -2.14. The van der Waals surface area contributed by atoms with Gasteiger partial charge < -0.3 is 5.32 Å². The zero-order valence-corrected chi connectivity index (χ0v) is 11.1. The van der Waals surface area contributed by atoms with Crippen LogP contribution in [0.2, 0.25) is 0 Å². The van der Waals surface area contributed by atoms with E-state index >= 15 is 0 Å². The first-order valence-corrected chi connectivity index (χ1v) is 6.17. The van der Waals surface area contributed by atoms with E-state index < -0.39 is 0 Å². The minimum Gasteiger partial charge on any atom is -0.387 e. The van der Waals surface area contributed by atoms with Crippen LogP contribution in [-0.4, -0.2) is 28.1 Å². The summed E-state index contributed by atoms with van der Waals surface area (Å²) in [7, 11) is 1.76. The lowest BCUT2D eigenvalue weighted by Gasteiger charge is -2.08. The molecule has 6 nitrogen and oxygen atoms in total. The van der Waals surface area contributed by atoms with Gasteiger partial charge in [-0.05, 0) is 19.9 Å². The molecule has 0 aliphatic rings. The average molecular weight is 263 g/mol. The maximum Gasteiger partial charge on any atom is 0.261 e. The summed E-state index contributed by atoms with van der Waals surface area (Å²) < 4.78 is 0. The van der Waals surface area contributed by atoms with Crippen molar-refractivity contribution in [2.24, 2.45) is 0 Å². The molecule has 2 heterocycles. The lowest BCUT2D eigenvalue weighted by molar-refractivity contribution is 0.102. The Balaban J connectivity index is 2.23. The minimum atomic E-state index is -0.247. The van der Waals surface area contributed by atoms with Gasteiger partial charge in [0.15, 0.2) is 0 Å². The fourth-order valence-electron chi connectivity index (χ4n) is 1.46. The van der Waals surface area contributed by atoms with Crippen LogP contribution in [0.3, 0.4) is 0 Å². The van der Waals surface area contributed by atoms with Crippen LogP contribution in [0.5, 0.6) is 0 Å². The van der Waals surface area contributed by atoms with Crippen LogP contribution in [-0.2, 0) is 0 Å². The van der Waals surface area contributed by atoms with Crippen LogP contribution in [0, 0.1) is 13.8 Å². The molecule has 2 aromatic heterocycles. The number of anilines is 2. The number of nitrogens with zero attached hydrogens (tertiary/aromatic N) is 3. The Kier molecular flexibility index (Phi) is 3.52. The van der Waals surface area contributed by atoms with Gasteiger partial charge in [0, 0.05) is 18.9 Å². The predicted molar refractivity (Wildman–Crippen MR) is 71.1 cm³/mol. The number of amides is 1. The highest BCUT2D eigenvalue weighted by atomic mass is 32.1. The van der Waals surface area contributed by atoms with Gasteiger partial charge in [0.25, 0.3) is 5.91 Å². The number of aryl methyl sites for hydroxylation is 2. The van der Waals surface area contributed by atoms with Crippen molar-refractivity contribution in [3.63, 3.8) is 0 Å². The SMILES string of the molecule is CNc1cc(C)ncc1C(=O)Nc1nnc(C)s1. The molecule has 7 heteroatoms. The second kappa shape index (κ2) is 5.09. The Hall–Kier alpha value is -2.02. The molecule has 2 N–H and O–H groups in total. The van der Waals surface area contributed by atoms with Gasteiger partial charge in [0.2, 0.25) is 5.13 Å². The van der Waals surface area contributed by atoms with Crippen LogP contribution >= 0.6 is 11.3 Å². The zero-order valence-electron chi connectivity index (χ0n) is 10.3. The van der Waals surface area contributed by atoms with Crippen molar-refractivity contribution in [2.45, 2.75) is 13.8 Å². The number of hydrogen-bond donors (Lipinski definition) is 2. The number of hydrogen-bond acceptors (Lipinski definition) is 6. The molecular formula is C11H13N5OS. The molecule has 0 spiro atoms. The van der Waals surface area contributed by atoms with Crippen molar-refractivity contribution in [2.75, 3.05) is 17.7 Å². The third-order valence-corrected chi connectivity index (χ3v) is 3.06. The molecule has 0 bridgehead atoms. The number of pyridine rings is 1. The highest BCUT2D eigenvalue weighted by Gasteiger charge is 2.13. The van der Waals surface area contributed by atoms with Crippen molar-refractivity contribution in [1.82, 2.24) is 15.2 Å². The Morgan fingerprint density at radius 1 is 1.33 bits per heavy atom. The first-order chi connectivity index (χ1) is 8.60. The molecule has 2 aromatic rings. The number of aromatic nitrogens is 3. The van der Waals surface area contributed by atoms with E-state index in [-0.39, 0.29) is 5.91 Å². The first kappa shape index (κ1) is 12.4. The zero-order chi connectivity index (χ0) is 13.1. The highest BCUT2D eigenvalue weighted by molar-refractivity contribution is 7.15. The van der Waals surface area contributed by atoms with Crippen LogP contribution in [0.1, 0.15) is 21.1 Å². The smallest absolute Gasteiger partial charge is 0.261 e. The number of nitrogens with one attached hydrogen (secondary N) is 2. The summed E-state index contributed by atoms with van der Waals surface area (Å²) in [6.07, 6.45) is 1.55. The van der Waals surface area contributed by atoms with Crippen molar-refractivity contribution < 1.29 is 4.79 Å². The molecule has 0 aliphatic heterocycles. The maximum absolute atomic E-state index is 12.1. The molecule has 1 amide bonds. The van der Waals surface area contributed by atoms with Crippen molar-refractivity contribution >= 4 is 28.1 Å². The van der Waals surface area contributed by atoms with E-state index in [1.54, 1.807) is 13.2 Å². The van der Waals surface area contributed by atoms with E-state index in [1.165, 1.54) is 11.3 Å². The molecule has 0 atom stereocenters. The van der Waals surface area contributed by atoms with E-state index in [0.717, 1.165) is 16.4 Å². The Morgan fingerprint density at radius 2 is 2.11 bits per heavy atom. The van der Waals surface area contributed by atoms with E-state index in [4.69, 9.17) is 0 Å². The molecule has 0 aliphatic carbocycles. The van der Waals surface area contributed by atoms with E-state index in [2.05, 4.69) is 25.8 Å². The van der Waals surface area contributed by atoms with Crippen molar-refractivity contribution in [3.8, 4) is 0 Å². The highest BCUT2D eigenvalue weighted by Crippen LogP contribution is 2.19. The van der Waals surface area contributed by atoms with Crippen LogP contribution in [0.25, 0.3) is 0 Å². The van der Waals surface area contributed by atoms with Gasteiger partial charge in [-0.25, -0.2) is 0 Å². The third kappa shape index (κ3) is 2.62. The standard InChI is InChI=1S/C11H13N5OS/c1-6-4-9(12-3)8(5-13-6)10(17)14-11-16-15-7(2)18-11/h4-5H,1-3H3,(H,12,13)(H,14,16,17). The summed E-state index contributed by atoms with van der Waals surface area (Å²) in [4.78, 5) is 16.2. The molecule has 18 heavy (non-hydrogen) atoms. The predicted octanol–water partition coefficient (Wildman–Crippen LogP) is 1.84. The van der Waals surface area contributed by atoms with E-state index in [9.17, 15) is 4.79 Å². The lowest BCUT2D eigenvalue weighted by atomic mass is 10.2. The molecule has 94 valence electrons. The van der Waals surface area contributed by atoms with Crippen LogP contribution < -0.4 is 10.6 Å². The second-order valence-electron chi connectivity index (χ2n) is 3.70. The Morgan fingerprint density at radius 3 is 2.72 bits per heavy atom. The molecule has 0 saturated heterocycles. The normalized spacial score (nSPS) is 10.2. The maximum atomic E-state index is 12.1. The molecule has 0 fully saturated rings.